The Morgan fingerprint density at radius 2 is 2.25 bits per heavy atom. The van der Waals surface area contributed by atoms with E-state index < -0.39 is 0 Å². The summed E-state index contributed by atoms with van der Waals surface area (Å²) in [4.78, 5) is 14.3. The molecule has 3 aliphatic rings. The normalized spacial score (nSPS) is 34.5. The molecule has 2 heterocycles. The number of phenols is 1. The third kappa shape index (κ3) is 1.43. The maximum absolute atomic E-state index is 11.8. The van der Waals surface area contributed by atoms with Crippen LogP contribution < -0.4 is 4.74 Å². The minimum Gasteiger partial charge on any atom is -0.504 e. The van der Waals surface area contributed by atoms with E-state index in [-0.39, 0.29) is 11.2 Å². The van der Waals surface area contributed by atoms with Crippen molar-refractivity contribution in [3.8, 4) is 11.5 Å². The first-order valence-corrected chi connectivity index (χ1v) is 7.30. The van der Waals surface area contributed by atoms with Gasteiger partial charge in [0.1, 0.15) is 5.78 Å². The molecule has 2 bridgehead atoms. The van der Waals surface area contributed by atoms with Crippen LogP contribution in [0.1, 0.15) is 36.8 Å². The molecule has 20 heavy (non-hydrogen) atoms. The van der Waals surface area contributed by atoms with Crippen LogP contribution in [-0.4, -0.2) is 35.5 Å². The number of methoxy groups -OCH3 is 1. The molecule has 0 spiro atoms. The van der Waals surface area contributed by atoms with Crippen molar-refractivity contribution in [2.75, 3.05) is 13.7 Å². The zero-order chi connectivity index (χ0) is 13.9. The number of aromatic hydroxyl groups is 1. The van der Waals surface area contributed by atoms with E-state index in [1.54, 1.807) is 7.11 Å². The molecule has 4 rings (SSSR count). The second-order valence-corrected chi connectivity index (χ2v) is 6.32. The summed E-state index contributed by atoms with van der Waals surface area (Å²) in [6, 6.07) is 4.21. The number of phenolic OH excluding ortho intramolecular Hbond substituents is 1. The molecule has 1 N–H and O–H groups in total. The number of ether oxygens (including phenoxy) is 1. The Morgan fingerprint density at radius 3 is 3.05 bits per heavy atom. The minimum absolute atomic E-state index is 0.0997. The van der Waals surface area contributed by atoms with Crippen LogP contribution >= 0.6 is 0 Å². The number of rotatable bonds is 1. The molecular formula is C16H19NO3. The number of nitrogens with zero attached hydrogens (tertiary/aromatic N) is 1. The van der Waals surface area contributed by atoms with Gasteiger partial charge in [0.2, 0.25) is 0 Å². The first-order valence-electron chi connectivity index (χ1n) is 7.30. The molecule has 0 radical (unpaired) electrons. The van der Waals surface area contributed by atoms with Crippen LogP contribution in [0.4, 0.5) is 0 Å². The van der Waals surface area contributed by atoms with E-state index >= 15 is 0 Å². The van der Waals surface area contributed by atoms with Gasteiger partial charge in [0.05, 0.1) is 7.11 Å². The topological polar surface area (TPSA) is 49.8 Å². The Balaban J connectivity index is 1.89. The number of carbonyl (C=O) groups excluding carboxylic acids is 1. The van der Waals surface area contributed by atoms with Gasteiger partial charge < -0.3 is 9.84 Å². The molecule has 1 aliphatic carbocycles. The van der Waals surface area contributed by atoms with Gasteiger partial charge in [-0.15, -0.1) is 0 Å². The van der Waals surface area contributed by atoms with E-state index in [1.807, 2.05) is 12.1 Å². The fourth-order valence-corrected chi connectivity index (χ4v) is 4.54. The van der Waals surface area contributed by atoms with E-state index in [4.69, 9.17) is 4.74 Å². The number of fused-ring (bicyclic) bond motifs is 1. The SMILES string of the molecule is COc1cc2c(cc1O)CN1CC[C@@]23CCC(=O)C[C@H]13. The number of hydrogen-bond acceptors (Lipinski definition) is 4. The molecular weight excluding hydrogens is 254 g/mol. The van der Waals surface area contributed by atoms with Crippen LogP contribution in [0.25, 0.3) is 0 Å². The molecule has 106 valence electrons. The Labute approximate surface area is 118 Å². The largest absolute Gasteiger partial charge is 0.504 e. The number of benzene rings is 1. The quantitative estimate of drug-likeness (QED) is 0.850. The standard InChI is InChI=1S/C16H19NO3/c1-20-14-8-12-10(6-13(14)19)9-17-5-4-16(12)3-2-11(18)7-15(16)17/h6,8,15,19H,2-5,7,9H2,1H3/t15-,16-/m0/s1. The number of carbonyl (C=O) groups is 1. The molecule has 1 aromatic carbocycles. The molecule has 2 aliphatic heterocycles. The monoisotopic (exact) mass is 273 g/mol. The summed E-state index contributed by atoms with van der Waals surface area (Å²) < 4.78 is 5.28. The lowest BCUT2D eigenvalue weighted by molar-refractivity contribution is -0.123. The van der Waals surface area contributed by atoms with Crippen molar-refractivity contribution >= 4 is 5.78 Å². The summed E-state index contributed by atoms with van der Waals surface area (Å²) in [6.07, 6.45) is 3.43. The predicted molar refractivity (Wildman–Crippen MR) is 74.0 cm³/mol. The summed E-state index contributed by atoms with van der Waals surface area (Å²) >= 11 is 0. The van der Waals surface area contributed by atoms with Gasteiger partial charge in [0.15, 0.2) is 11.5 Å². The van der Waals surface area contributed by atoms with Crippen molar-refractivity contribution in [2.45, 2.75) is 43.7 Å². The van der Waals surface area contributed by atoms with Crippen molar-refractivity contribution in [3.63, 3.8) is 0 Å². The van der Waals surface area contributed by atoms with Crippen molar-refractivity contribution < 1.29 is 14.6 Å². The molecule has 0 aromatic heterocycles. The van der Waals surface area contributed by atoms with Crippen LogP contribution in [0.15, 0.2) is 12.1 Å². The molecule has 3 atom stereocenters. The maximum atomic E-state index is 11.8. The van der Waals surface area contributed by atoms with E-state index in [1.165, 1.54) is 11.1 Å². The zero-order valence-corrected chi connectivity index (χ0v) is 11.7. The molecule has 2 fully saturated rings. The summed E-state index contributed by atoms with van der Waals surface area (Å²) in [7, 11) is 1.59. The van der Waals surface area contributed by atoms with Crippen molar-refractivity contribution in [3.05, 3.63) is 23.3 Å². The lowest BCUT2D eigenvalue weighted by Gasteiger charge is -2.46. The molecule has 4 nitrogen and oxygen atoms in total. The highest BCUT2D eigenvalue weighted by molar-refractivity contribution is 5.81. The van der Waals surface area contributed by atoms with Gasteiger partial charge in [-0.05, 0) is 42.6 Å². The predicted octanol–water partition coefficient (Wildman–Crippen LogP) is 1.98. The van der Waals surface area contributed by atoms with Crippen molar-refractivity contribution in [1.82, 2.24) is 4.90 Å². The van der Waals surface area contributed by atoms with E-state index in [0.717, 1.165) is 25.9 Å². The molecule has 1 saturated carbocycles. The molecule has 0 amide bonds. The van der Waals surface area contributed by atoms with Gasteiger partial charge in [-0.1, -0.05) is 0 Å². The fourth-order valence-electron chi connectivity index (χ4n) is 4.54. The van der Waals surface area contributed by atoms with Gasteiger partial charge >= 0.3 is 0 Å². The van der Waals surface area contributed by atoms with Gasteiger partial charge in [0, 0.05) is 30.8 Å². The maximum Gasteiger partial charge on any atom is 0.160 e. The van der Waals surface area contributed by atoms with E-state index in [0.29, 0.717) is 30.4 Å². The van der Waals surface area contributed by atoms with Crippen LogP contribution in [0.2, 0.25) is 0 Å². The first kappa shape index (κ1) is 12.2. The average Bonchev–Trinajstić information content (AvgIpc) is 2.71. The lowest BCUT2D eigenvalue weighted by atomic mass is 9.63. The number of Topliss-reactive ketones (excluding diaryl/α,β-unsaturated/α-hetero) is 1. The third-order valence-electron chi connectivity index (χ3n) is 5.51. The Kier molecular flexibility index (Phi) is 2.43. The van der Waals surface area contributed by atoms with Gasteiger partial charge in [-0.25, -0.2) is 0 Å². The van der Waals surface area contributed by atoms with Gasteiger partial charge in [0.25, 0.3) is 0 Å². The average molecular weight is 273 g/mol. The number of hydrogen-bond donors (Lipinski definition) is 1. The van der Waals surface area contributed by atoms with Crippen LogP contribution in [0.5, 0.6) is 11.5 Å². The highest BCUT2D eigenvalue weighted by Crippen LogP contribution is 2.54. The van der Waals surface area contributed by atoms with Crippen molar-refractivity contribution in [1.29, 1.82) is 0 Å². The Morgan fingerprint density at radius 1 is 1.40 bits per heavy atom. The molecule has 4 heteroatoms. The molecule has 1 unspecified atom stereocenters. The molecule has 1 aromatic rings. The highest BCUT2D eigenvalue weighted by atomic mass is 16.5. The smallest absolute Gasteiger partial charge is 0.160 e. The van der Waals surface area contributed by atoms with Crippen molar-refractivity contribution in [2.24, 2.45) is 0 Å². The first-order chi connectivity index (χ1) is 9.64. The van der Waals surface area contributed by atoms with Gasteiger partial charge in [-0.3, -0.25) is 9.69 Å². The fraction of sp³-hybridized carbons (Fsp3) is 0.562. The van der Waals surface area contributed by atoms with Crippen LogP contribution in [0, 0.1) is 0 Å². The summed E-state index contributed by atoms with van der Waals surface area (Å²) in [5.74, 6) is 1.16. The third-order valence-corrected chi connectivity index (χ3v) is 5.51. The number of ketones is 1. The van der Waals surface area contributed by atoms with Crippen LogP contribution in [0.3, 0.4) is 0 Å². The minimum atomic E-state index is 0.0997. The molecule has 1 saturated heterocycles. The highest BCUT2D eigenvalue weighted by Gasteiger charge is 2.54. The lowest BCUT2D eigenvalue weighted by Crippen LogP contribution is -2.50. The summed E-state index contributed by atoms with van der Waals surface area (Å²) in [6.45, 7) is 1.89. The Bertz CT molecular complexity index is 598. The van der Waals surface area contributed by atoms with E-state index in [9.17, 15) is 9.90 Å². The van der Waals surface area contributed by atoms with Crippen LogP contribution in [-0.2, 0) is 16.8 Å². The Hall–Kier alpha value is -1.55. The summed E-state index contributed by atoms with van der Waals surface area (Å²) in [5.41, 5.74) is 2.60. The zero-order valence-electron chi connectivity index (χ0n) is 11.7. The summed E-state index contributed by atoms with van der Waals surface area (Å²) in [5, 5.41) is 10.00. The van der Waals surface area contributed by atoms with Gasteiger partial charge in [-0.2, -0.15) is 0 Å². The second kappa shape index (κ2) is 3.98. The second-order valence-electron chi connectivity index (χ2n) is 6.32. The van der Waals surface area contributed by atoms with E-state index in [2.05, 4.69) is 4.90 Å².